The molecule has 0 aromatic carbocycles. The average molecular weight is 152 g/mol. The molecule has 0 amide bonds. The summed E-state index contributed by atoms with van der Waals surface area (Å²) in [5.41, 5.74) is 1.10. The Hall–Kier alpha value is -0.920. The van der Waals surface area contributed by atoms with E-state index in [-0.39, 0.29) is 0 Å². The molecule has 1 rings (SSSR count). The van der Waals surface area contributed by atoms with Crippen LogP contribution in [0.5, 0.6) is 0 Å². The molecule has 0 unspecified atom stereocenters. The van der Waals surface area contributed by atoms with Gasteiger partial charge in [0.15, 0.2) is 0 Å². The molecule has 0 aliphatic carbocycles. The molecule has 62 valence electrons. The number of nitrogens with zero attached hydrogens (tertiary/aromatic N) is 2. The molecule has 0 aliphatic rings. The van der Waals surface area contributed by atoms with Crippen LogP contribution >= 0.6 is 0 Å². The zero-order chi connectivity index (χ0) is 8.53. The summed E-state index contributed by atoms with van der Waals surface area (Å²) in [7, 11) is 0. The molecule has 11 heavy (non-hydrogen) atoms. The second-order valence-electron chi connectivity index (χ2n) is 2.26. The lowest BCUT2D eigenvalue weighted by molar-refractivity contribution is 0.998. The van der Waals surface area contributed by atoms with Crippen molar-refractivity contribution in [3.8, 4) is 0 Å². The molecule has 0 saturated heterocycles. The van der Waals surface area contributed by atoms with Gasteiger partial charge < -0.3 is 0 Å². The van der Waals surface area contributed by atoms with Crippen LogP contribution in [-0.4, -0.2) is 9.97 Å². The van der Waals surface area contributed by atoms with Crippen LogP contribution in [0.4, 0.5) is 0 Å². The van der Waals surface area contributed by atoms with Gasteiger partial charge in [-0.3, -0.25) is 0 Å². The van der Waals surface area contributed by atoms with Gasteiger partial charge in [-0.2, -0.15) is 0 Å². The quantitative estimate of drug-likeness (QED) is 0.617. The lowest BCUT2D eigenvalue weighted by Gasteiger charge is -1.88. The normalized spacial score (nSPS) is 8.27. The van der Waals surface area contributed by atoms with E-state index in [4.69, 9.17) is 0 Å². The molecular formula is C9H16N2. The third-order valence-corrected chi connectivity index (χ3v) is 1.01. The minimum absolute atomic E-state index is 0.989. The zero-order valence-corrected chi connectivity index (χ0v) is 7.54. The van der Waals surface area contributed by atoms with Gasteiger partial charge in [-0.05, 0) is 12.5 Å². The summed E-state index contributed by atoms with van der Waals surface area (Å²) in [5, 5.41) is 0. The maximum atomic E-state index is 3.99. The highest BCUT2D eigenvalue weighted by atomic mass is 14.8. The highest BCUT2D eigenvalue weighted by Crippen LogP contribution is 1.88. The molecule has 1 aromatic rings. The minimum Gasteiger partial charge on any atom is -0.245 e. The first-order valence-electron chi connectivity index (χ1n) is 4.10. The molecule has 0 N–H and O–H groups in total. The second kappa shape index (κ2) is 7.19. The predicted octanol–water partition coefficient (Wildman–Crippen LogP) is 2.46. The van der Waals surface area contributed by atoms with E-state index in [1.807, 2.05) is 6.07 Å². The first-order chi connectivity index (χ1) is 5.35. The summed E-state index contributed by atoms with van der Waals surface area (Å²) >= 11 is 0. The molecule has 1 aromatic heterocycles. The van der Waals surface area contributed by atoms with Crippen molar-refractivity contribution in [1.29, 1.82) is 0 Å². The van der Waals surface area contributed by atoms with Crippen molar-refractivity contribution < 1.29 is 0 Å². The summed E-state index contributed by atoms with van der Waals surface area (Å²) in [4.78, 5) is 7.77. The standard InChI is InChI=1S/C6H8N2.C3H8/c1-2-6-3-4-7-5-8-6;1-3-2/h3-5H,2H2,1H3;3H2,1-2H3. The molecule has 0 saturated carbocycles. The summed E-state index contributed by atoms with van der Waals surface area (Å²) in [6.45, 7) is 6.32. The van der Waals surface area contributed by atoms with Crippen molar-refractivity contribution in [2.75, 3.05) is 0 Å². The van der Waals surface area contributed by atoms with Crippen LogP contribution < -0.4 is 0 Å². The van der Waals surface area contributed by atoms with Crippen molar-refractivity contribution in [2.24, 2.45) is 0 Å². The Labute approximate surface area is 68.7 Å². The summed E-state index contributed by atoms with van der Waals surface area (Å²) in [6.07, 6.45) is 5.56. The smallest absolute Gasteiger partial charge is 0.115 e. The molecule has 0 spiro atoms. The number of rotatable bonds is 1. The third kappa shape index (κ3) is 5.52. The van der Waals surface area contributed by atoms with Gasteiger partial charge in [0.25, 0.3) is 0 Å². The first kappa shape index (κ1) is 10.1. The molecule has 0 fully saturated rings. The van der Waals surface area contributed by atoms with Crippen LogP contribution in [0.2, 0.25) is 0 Å². The zero-order valence-electron chi connectivity index (χ0n) is 7.54. The SMILES string of the molecule is CCC.CCc1ccncn1. The topological polar surface area (TPSA) is 25.8 Å². The Balaban J connectivity index is 0.000000292. The van der Waals surface area contributed by atoms with Crippen molar-refractivity contribution in [2.45, 2.75) is 33.6 Å². The summed E-state index contributed by atoms with van der Waals surface area (Å²) in [5.74, 6) is 0. The lowest BCUT2D eigenvalue weighted by atomic mass is 10.3. The van der Waals surface area contributed by atoms with Gasteiger partial charge in [-0.25, -0.2) is 9.97 Å². The maximum Gasteiger partial charge on any atom is 0.115 e. The largest absolute Gasteiger partial charge is 0.245 e. The van der Waals surface area contributed by atoms with Crippen LogP contribution in [0.1, 0.15) is 32.9 Å². The third-order valence-electron chi connectivity index (χ3n) is 1.01. The predicted molar refractivity (Wildman–Crippen MR) is 47.4 cm³/mol. The highest BCUT2D eigenvalue weighted by molar-refractivity contribution is 4.96. The van der Waals surface area contributed by atoms with Gasteiger partial charge in [-0.1, -0.05) is 27.2 Å². The highest BCUT2D eigenvalue weighted by Gasteiger charge is 1.82. The van der Waals surface area contributed by atoms with E-state index in [1.54, 1.807) is 12.5 Å². The Kier molecular flexibility index (Phi) is 6.59. The monoisotopic (exact) mass is 152 g/mol. The molecule has 0 atom stereocenters. The maximum absolute atomic E-state index is 3.99. The number of aromatic nitrogens is 2. The van der Waals surface area contributed by atoms with Crippen molar-refractivity contribution in [1.82, 2.24) is 9.97 Å². The van der Waals surface area contributed by atoms with Crippen molar-refractivity contribution in [3.63, 3.8) is 0 Å². The second-order valence-corrected chi connectivity index (χ2v) is 2.26. The van der Waals surface area contributed by atoms with Crippen LogP contribution in [0.15, 0.2) is 18.6 Å². The van der Waals surface area contributed by atoms with Crippen LogP contribution in [0.3, 0.4) is 0 Å². The molecule has 0 bridgehead atoms. The van der Waals surface area contributed by atoms with Gasteiger partial charge in [0.2, 0.25) is 0 Å². The fourth-order valence-corrected chi connectivity index (χ4v) is 0.527. The van der Waals surface area contributed by atoms with E-state index >= 15 is 0 Å². The number of hydrogen-bond donors (Lipinski definition) is 0. The minimum atomic E-state index is 0.989. The molecular weight excluding hydrogens is 136 g/mol. The molecule has 0 radical (unpaired) electrons. The average Bonchev–Trinajstić information content (AvgIpc) is 2.08. The van der Waals surface area contributed by atoms with Gasteiger partial charge >= 0.3 is 0 Å². The van der Waals surface area contributed by atoms with Gasteiger partial charge in [0.1, 0.15) is 6.33 Å². The van der Waals surface area contributed by atoms with Gasteiger partial charge in [-0.15, -0.1) is 0 Å². The van der Waals surface area contributed by atoms with Crippen LogP contribution in [-0.2, 0) is 6.42 Å². The van der Waals surface area contributed by atoms with Crippen molar-refractivity contribution >= 4 is 0 Å². The van der Waals surface area contributed by atoms with E-state index < -0.39 is 0 Å². The Bertz CT molecular complexity index is 160. The van der Waals surface area contributed by atoms with E-state index in [0.717, 1.165) is 12.1 Å². The van der Waals surface area contributed by atoms with Gasteiger partial charge in [0.05, 0.1) is 0 Å². The Morgan fingerprint density at radius 3 is 2.18 bits per heavy atom. The van der Waals surface area contributed by atoms with E-state index in [0.29, 0.717) is 0 Å². The lowest BCUT2D eigenvalue weighted by Crippen LogP contribution is -1.84. The fraction of sp³-hybridized carbons (Fsp3) is 0.556. The van der Waals surface area contributed by atoms with Crippen LogP contribution in [0.25, 0.3) is 0 Å². The van der Waals surface area contributed by atoms with E-state index in [2.05, 4.69) is 30.7 Å². The van der Waals surface area contributed by atoms with Crippen molar-refractivity contribution in [3.05, 3.63) is 24.3 Å². The summed E-state index contributed by atoms with van der Waals surface area (Å²) in [6, 6.07) is 1.92. The first-order valence-corrected chi connectivity index (χ1v) is 4.10. The fourth-order valence-electron chi connectivity index (χ4n) is 0.527. The Morgan fingerprint density at radius 1 is 1.27 bits per heavy atom. The van der Waals surface area contributed by atoms with E-state index in [9.17, 15) is 0 Å². The number of aryl methyl sites for hydroxylation is 1. The molecule has 2 nitrogen and oxygen atoms in total. The molecule has 2 heteroatoms. The Morgan fingerprint density at radius 2 is 1.91 bits per heavy atom. The number of hydrogen-bond acceptors (Lipinski definition) is 2. The van der Waals surface area contributed by atoms with E-state index in [1.165, 1.54) is 6.42 Å². The molecule has 0 aliphatic heterocycles. The van der Waals surface area contributed by atoms with Gasteiger partial charge in [0, 0.05) is 11.9 Å². The van der Waals surface area contributed by atoms with Crippen LogP contribution in [0, 0.1) is 0 Å². The molecule has 1 heterocycles. The summed E-state index contributed by atoms with van der Waals surface area (Å²) < 4.78 is 0.